The molecule has 0 aliphatic rings. The predicted octanol–water partition coefficient (Wildman–Crippen LogP) is 3.09. The van der Waals surface area contributed by atoms with E-state index in [4.69, 9.17) is 10.5 Å². The average molecular weight is 294 g/mol. The van der Waals surface area contributed by atoms with Crippen molar-refractivity contribution in [1.29, 1.82) is 0 Å². The van der Waals surface area contributed by atoms with Crippen molar-refractivity contribution in [2.24, 2.45) is 0 Å². The fourth-order valence-electron chi connectivity index (χ4n) is 2.52. The van der Waals surface area contributed by atoms with Crippen molar-refractivity contribution in [1.82, 2.24) is 15.0 Å². The summed E-state index contributed by atoms with van der Waals surface area (Å²) in [5.74, 6) is 1.23. The molecule has 0 spiro atoms. The van der Waals surface area contributed by atoms with E-state index in [1.807, 2.05) is 42.5 Å². The van der Waals surface area contributed by atoms with Gasteiger partial charge in [-0.2, -0.15) is 4.68 Å². The number of benzene rings is 2. The van der Waals surface area contributed by atoms with Gasteiger partial charge >= 0.3 is 0 Å². The zero-order valence-corrected chi connectivity index (χ0v) is 12.7. The summed E-state index contributed by atoms with van der Waals surface area (Å²) in [6, 6.07) is 15.7. The SMILES string of the molecule is CCc1ccccc1-n1nnc(-c2ccccc2OC)c1N. The number of nitrogens with zero attached hydrogens (tertiary/aromatic N) is 3. The smallest absolute Gasteiger partial charge is 0.156 e. The fourth-order valence-corrected chi connectivity index (χ4v) is 2.52. The van der Waals surface area contributed by atoms with Gasteiger partial charge in [-0.3, -0.25) is 0 Å². The lowest BCUT2D eigenvalue weighted by Gasteiger charge is -2.09. The van der Waals surface area contributed by atoms with Crippen LogP contribution in [0.4, 0.5) is 5.82 Å². The first kappa shape index (κ1) is 14.1. The van der Waals surface area contributed by atoms with Crippen LogP contribution in [-0.2, 0) is 6.42 Å². The number of aromatic nitrogens is 3. The summed E-state index contributed by atoms with van der Waals surface area (Å²) in [7, 11) is 1.63. The molecule has 0 fully saturated rings. The summed E-state index contributed by atoms with van der Waals surface area (Å²) < 4.78 is 7.06. The summed E-state index contributed by atoms with van der Waals surface area (Å²) in [5.41, 5.74) is 9.89. The van der Waals surface area contributed by atoms with Crippen molar-refractivity contribution in [3.63, 3.8) is 0 Å². The van der Waals surface area contributed by atoms with Crippen LogP contribution in [0.25, 0.3) is 16.9 Å². The molecule has 22 heavy (non-hydrogen) atoms. The molecule has 0 aliphatic heterocycles. The molecule has 0 unspecified atom stereocenters. The maximum Gasteiger partial charge on any atom is 0.156 e. The van der Waals surface area contributed by atoms with Crippen LogP contribution in [0.1, 0.15) is 12.5 Å². The van der Waals surface area contributed by atoms with Crippen LogP contribution in [0.5, 0.6) is 5.75 Å². The predicted molar refractivity (Wildman–Crippen MR) is 87.1 cm³/mol. The van der Waals surface area contributed by atoms with Crippen LogP contribution in [0.3, 0.4) is 0 Å². The highest BCUT2D eigenvalue weighted by atomic mass is 16.5. The van der Waals surface area contributed by atoms with Gasteiger partial charge in [0.05, 0.1) is 12.8 Å². The summed E-state index contributed by atoms with van der Waals surface area (Å²) in [6.07, 6.45) is 0.902. The first-order valence-corrected chi connectivity index (χ1v) is 7.19. The van der Waals surface area contributed by atoms with Crippen LogP contribution >= 0.6 is 0 Å². The molecule has 1 heterocycles. The van der Waals surface area contributed by atoms with Gasteiger partial charge in [-0.25, -0.2) is 0 Å². The Hall–Kier alpha value is -2.82. The molecule has 0 atom stereocenters. The zero-order chi connectivity index (χ0) is 15.5. The number of aryl methyl sites for hydroxylation is 1. The second-order valence-corrected chi connectivity index (χ2v) is 4.92. The minimum Gasteiger partial charge on any atom is -0.496 e. The molecule has 0 bridgehead atoms. The van der Waals surface area contributed by atoms with E-state index in [-0.39, 0.29) is 0 Å². The average Bonchev–Trinajstić information content (AvgIpc) is 2.96. The number of nitrogen functional groups attached to an aromatic ring is 1. The zero-order valence-electron chi connectivity index (χ0n) is 12.7. The molecule has 0 amide bonds. The number of ether oxygens (including phenoxy) is 1. The molecule has 0 radical (unpaired) electrons. The van der Waals surface area contributed by atoms with Crippen LogP contribution < -0.4 is 10.5 Å². The number of rotatable bonds is 4. The van der Waals surface area contributed by atoms with Crippen LogP contribution in [-0.4, -0.2) is 22.1 Å². The monoisotopic (exact) mass is 294 g/mol. The Bertz CT molecular complexity index is 730. The van der Waals surface area contributed by atoms with Gasteiger partial charge in [0.15, 0.2) is 5.82 Å². The molecule has 1 aromatic heterocycles. The van der Waals surface area contributed by atoms with Gasteiger partial charge in [-0.15, -0.1) is 5.10 Å². The van der Waals surface area contributed by atoms with E-state index < -0.39 is 0 Å². The van der Waals surface area contributed by atoms with E-state index in [1.54, 1.807) is 11.8 Å². The van der Waals surface area contributed by atoms with Gasteiger partial charge in [-0.05, 0) is 30.2 Å². The number of methoxy groups -OCH3 is 1. The third-order valence-corrected chi connectivity index (χ3v) is 3.67. The van der Waals surface area contributed by atoms with Gasteiger partial charge in [0, 0.05) is 5.56 Å². The number of hydrogen-bond donors (Lipinski definition) is 1. The molecule has 0 saturated carbocycles. The molecular weight excluding hydrogens is 276 g/mol. The van der Waals surface area contributed by atoms with Crippen molar-refractivity contribution in [3.05, 3.63) is 54.1 Å². The number of anilines is 1. The van der Waals surface area contributed by atoms with Crippen molar-refractivity contribution in [2.45, 2.75) is 13.3 Å². The van der Waals surface area contributed by atoms with Crippen LogP contribution in [0.2, 0.25) is 0 Å². The third-order valence-electron chi connectivity index (χ3n) is 3.67. The molecular formula is C17H18N4O. The summed E-state index contributed by atoms with van der Waals surface area (Å²) >= 11 is 0. The number of nitrogens with two attached hydrogens (primary N) is 1. The normalized spacial score (nSPS) is 10.6. The molecule has 0 aliphatic carbocycles. The molecule has 5 heteroatoms. The summed E-state index contributed by atoms with van der Waals surface area (Å²) in [4.78, 5) is 0. The summed E-state index contributed by atoms with van der Waals surface area (Å²) in [5, 5.41) is 8.49. The highest BCUT2D eigenvalue weighted by molar-refractivity contribution is 5.76. The maximum atomic E-state index is 6.30. The molecule has 112 valence electrons. The van der Waals surface area contributed by atoms with E-state index in [0.29, 0.717) is 11.5 Å². The van der Waals surface area contributed by atoms with E-state index in [0.717, 1.165) is 23.4 Å². The van der Waals surface area contributed by atoms with Gasteiger partial charge in [0.25, 0.3) is 0 Å². The minimum atomic E-state index is 0.505. The second kappa shape index (κ2) is 5.89. The molecule has 3 rings (SSSR count). The Kier molecular flexibility index (Phi) is 3.78. The highest BCUT2D eigenvalue weighted by Gasteiger charge is 2.17. The topological polar surface area (TPSA) is 66.0 Å². The van der Waals surface area contributed by atoms with Crippen molar-refractivity contribution >= 4 is 5.82 Å². The number of para-hydroxylation sites is 2. The first-order chi connectivity index (χ1) is 10.8. The van der Waals surface area contributed by atoms with Gasteiger partial charge in [0.2, 0.25) is 0 Å². The van der Waals surface area contributed by atoms with Gasteiger partial charge < -0.3 is 10.5 Å². The van der Waals surface area contributed by atoms with Crippen LogP contribution in [0.15, 0.2) is 48.5 Å². The summed E-state index contributed by atoms with van der Waals surface area (Å²) in [6.45, 7) is 2.10. The lowest BCUT2D eigenvalue weighted by Crippen LogP contribution is -2.05. The Morgan fingerprint density at radius 2 is 1.82 bits per heavy atom. The molecule has 2 aromatic carbocycles. The molecule has 0 saturated heterocycles. The quantitative estimate of drug-likeness (QED) is 0.803. The van der Waals surface area contributed by atoms with E-state index >= 15 is 0 Å². The van der Waals surface area contributed by atoms with E-state index in [1.165, 1.54) is 5.56 Å². The highest BCUT2D eigenvalue weighted by Crippen LogP contribution is 2.32. The Labute approximate surface area is 129 Å². The molecule has 2 N–H and O–H groups in total. The lowest BCUT2D eigenvalue weighted by molar-refractivity contribution is 0.416. The maximum absolute atomic E-state index is 6.30. The van der Waals surface area contributed by atoms with E-state index in [2.05, 4.69) is 23.3 Å². The Morgan fingerprint density at radius 3 is 2.59 bits per heavy atom. The van der Waals surface area contributed by atoms with Crippen LogP contribution in [0, 0.1) is 0 Å². The van der Waals surface area contributed by atoms with Gasteiger partial charge in [0.1, 0.15) is 11.4 Å². The largest absolute Gasteiger partial charge is 0.496 e. The number of hydrogen-bond acceptors (Lipinski definition) is 4. The fraction of sp³-hybridized carbons (Fsp3) is 0.176. The standard InChI is InChI=1S/C17H18N4O/c1-3-12-8-4-6-10-14(12)21-17(18)16(19-20-21)13-9-5-7-11-15(13)22-2/h4-11H,3,18H2,1-2H3. The first-order valence-electron chi connectivity index (χ1n) is 7.19. The molecule has 5 nitrogen and oxygen atoms in total. The third kappa shape index (κ3) is 2.30. The minimum absolute atomic E-state index is 0.505. The second-order valence-electron chi connectivity index (χ2n) is 4.92. The van der Waals surface area contributed by atoms with Gasteiger partial charge in [-0.1, -0.05) is 42.5 Å². The van der Waals surface area contributed by atoms with E-state index in [9.17, 15) is 0 Å². The Balaban J connectivity index is 2.13. The van der Waals surface area contributed by atoms with Crippen molar-refractivity contribution in [3.8, 4) is 22.7 Å². The Morgan fingerprint density at radius 1 is 1.09 bits per heavy atom. The lowest BCUT2D eigenvalue weighted by atomic mass is 10.1. The van der Waals surface area contributed by atoms with Crippen molar-refractivity contribution in [2.75, 3.05) is 12.8 Å². The van der Waals surface area contributed by atoms with Crippen molar-refractivity contribution < 1.29 is 4.74 Å². The molecule has 3 aromatic rings.